The van der Waals surface area contributed by atoms with E-state index in [0.717, 1.165) is 19.3 Å². The van der Waals surface area contributed by atoms with Crippen LogP contribution in [0.3, 0.4) is 0 Å². The van der Waals surface area contributed by atoms with Crippen LogP contribution in [0.2, 0.25) is 0 Å². The first-order valence-corrected chi connectivity index (χ1v) is 9.27. The normalized spacial score (nSPS) is 17.5. The molecule has 1 aromatic rings. The second kappa shape index (κ2) is 6.73. The third-order valence-corrected chi connectivity index (χ3v) is 5.95. The van der Waals surface area contributed by atoms with E-state index in [1.54, 1.807) is 13.1 Å². The summed E-state index contributed by atoms with van der Waals surface area (Å²) in [6.07, 6.45) is 3.18. The second-order valence-corrected chi connectivity index (χ2v) is 8.11. The Labute approximate surface area is 133 Å². The molecule has 0 spiro atoms. The van der Waals surface area contributed by atoms with Crippen LogP contribution in [0.1, 0.15) is 31.7 Å². The molecule has 1 aliphatic rings. The molecule has 118 valence electrons. The van der Waals surface area contributed by atoms with Gasteiger partial charge in [0.1, 0.15) is 10.7 Å². The quantitative estimate of drug-likeness (QED) is 0.799. The highest BCUT2D eigenvalue weighted by Crippen LogP contribution is 2.31. The summed E-state index contributed by atoms with van der Waals surface area (Å²) in [5, 5.41) is 2.83. The summed E-state index contributed by atoms with van der Waals surface area (Å²) in [7, 11) is -2.17. The largest absolute Gasteiger partial charge is 0.316 e. The Bertz CT molecular complexity index is 618. The molecule has 0 aromatic heterocycles. The molecule has 2 N–H and O–H groups in total. The maximum Gasteiger partial charge on any atom is 0.243 e. The zero-order chi connectivity index (χ0) is 15.6. The Morgan fingerprint density at radius 2 is 2.10 bits per heavy atom. The number of halogens is 2. The van der Waals surface area contributed by atoms with Gasteiger partial charge in [-0.3, -0.25) is 0 Å². The van der Waals surface area contributed by atoms with Crippen LogP contribution in [-0.2, 0) is 16.6 Å². The fourth-order valence-electron chi connectivity index (χ4n) is 2.48. The molecule has 1 atom stereocenters. The van der Waals surface area contributed by atoms with Crippen LogP contribution in [0.25, 0.3) is 0 Å². The Morgan fingerprint density at radius 1 is 1.43 bits per heavy atom. The summed E-state index contributed by atoms with van der Waals surface area (Å²) in [6, 6.07) is 2.72. The van der Waals surface area contributed by atoms with E-state index >= 15 is 0 Å². The zero-order valence-electron chi connectivity index (χ0n) is 12.1. The Balaban J connectivity index is 2.30. The summed E-state index contributed by atoms with van der Waals surface area (Å²) >= 11 is 3.24. The highest BCUT2D eigenvalue weighted by molar-refractivity contribution is 9.10. The van der Waals surface area contributed by atoms with Gasteiger partial charge in [-0.25, -0.2) is 17.5 Å². The van der Waals surface area contributed by atoms with Crippen molar-refractivity contribution in [3.8, 4) is 0 Å². The van der Waals surface area contributed by atoms with E-state index in [-0.39, 0.29) is 17.5 Å². The lowest BCUT2D eigenvalue weighted by Crippen LogP contribution is -2.41. The van der Waals surface area contributed by atoms with Crippen molar-refractivity contribution in [2.75, 3.05) is 7.05 Å². The molecule has 1 unspecified atom stereocenters. The average molecular weight is 379 g/mol. The molecule has 0 radical (unpaired) electrons. The summed E-state index contributed by atoms with van der Waals surface area (Å²) in [5.74, 6) is -0.340. The second-order valence-electron chi connectivity index (χ2n) is 5.51. The van der Waals surface area contributed by atoms with Crippen LogP contribution in [0, 0.1) is 11.7 Å². The van der Waals surface area contributed by atoms with Gasteiger partial charge in [-0.15, -0.1) is 0 Å². The minimum absolute atomic E-state index is 0.171. The molecule has 0 aliphatic heterocycles. The van der Waals surface area contributed by atoms with Gasteiger partial charge in [0.05, 0.1) is 0 Å². The van der Waals surface area contributed by atoms with E-state index in [1.165, 1.54) is 6.07 Å². The molecule has 2 rings (SSSR count). The number of hydrogen-bond acceptors (Lipinski definition) is 3. The molecule has 7 heteroatoms. The highest BCUT2D eigenvalue weighted by Gasteiger charge is 2.30. The predicted molar refractivity (Wildman–Crippen MR) is 84.0 cm³/mol. The standard InChI is InChI=1S/C14H20BrFN2O2S/c1-9(10-4-3-5-10)18-21(19,20)13-7-12(15)6-11(8-17-2)14(13)16/h6-7,9-10,17-18H,3-5,8H2,1-2H3. The summed E-state index contributed by atoms with van der Waals surface area (Å²) in [4.78, 5) is -0.298. The average Bonchev–Trinajstić information content (AvgIpc) is 2.30. The van der Waals surface area contributed by atoms with Crippen molar-refractivity contribution >= 4 is 26.0 Å². The number of hydrogen-bond donors (Lipinski definition) is 2. The molecule has 1 saturated carbocycles. The summed E-state index contributed by atoms with van der Waals surface area (Å²) in [5.41, 5.74) is 0.323. The first kappa shape index (κ1) is 16.9. The Morgan fingerprint density at radius 3 is 2.62 bits per heavy atom. The van der Waals surface area contributed by atoms with Crippen LogP contribution in [0.5, 0.6) is 0 Å². The van der Waals surface area contributed by atoms with E-state index in [2.05, 4.69) is 26.0 Å². The van der Waals surface area contributed by atoms with Crippen molar-refractivity contribution < 1.29 is 12.8 Å². The molecule has 0 saturated heterocycles. The lowest BCUT2D eigenvalue weighted by atomic mass is 9.81. The predicted octanol–water partition coefficient (Wildman–Crippen LogP) is 2.77. The summed E-state index contributed by atoms with van der Waals surface area (Å²) < 4.78 is 42.4. The molecule has 21 heavy (non-hydrogen) atoms. The van der Waals surface area contributed by atoms with Crippen molar-refractivity contribution in [1.82, 2.24) is 10.0 Å². The highest BCUT2D eigenvalue weighted by atomic mass is 79.9. The van der Waals surface area contributed by atoms with Gasteiger partial charge < -0.3 is 5.32 Å². The monoisotopic (exact) mass is 378 g/mol. The first-order valence-electron chi connectivity index (χ1n) is 7.00. The number of sulfonamides is 1. The van der Waals surface area contributed by atoms with Crippen molar-refractivity contribution in [2.45, 2.75) is 43.7 Å². The lowest BCUT2D eigenvalue weighted by Gasteiger charge is -2.31. The SMILES string of the molecule is CNCc1cc(Br)cc(S(=O)(=O)NC(C)C2CCC2)c1F. The zero-order valence-corrected chi connectivity index (χ0v) is 14.5. The van der Waals surface area contributed by atoms with Crippen LogP contribution in [-0.4, -0.2) is 21.5 Å². The summed E-state index contributed by atoms with van der Waals surface area (Å²) in [6.45, 7) is 2.11. The number of nitrogens with one attached hydrogen (secondary N) is 2. The van der Waals surface area contributed by atoms with Gasteiger partial charge in [0.2, 0.25) is 10.0 Å². The fraction of sp³-hybridized carbons (Fsp3) is 0.571. The van der Waals surface area contributed by atoms with E-state index in [4.69, 9.17) is 0 Å². The van der Waals surface area contributed by atoms with Crippen LogP contribution in [0.15, 0.2) is 21.5 Å². The van der Waals surface area contributed by atoms with Crippen LogP contribution in [0.4, 0.5) is 4.39 Å². The van der Waals surface area contributed by atoms with Gasteiger partial charge in [-0.1, -0.05) is 22.4 Å². The van der Waals surface area contributed by atoms with Crippen molar-refractivity contribution in [3.05, 3.63) is 28.0 Å². The third-order valence-electron chi connectivity index (χ3n) is 3.93. The van der Waals surface area contributed by atoms with Crippen molar-refractivity contribution in [3.63, 3.8) is 0 Å². The van der Waals surface area contributed by atoms with Crippen LogP contribution < -0.4 is 10.0 Å². The number of benzene rings is 1. The third kappa shape index (κ3) is 3.83. The minimum Gasteiger partial charge on any atom is -0.316 e. The first-order chi connectivity index (χ1) is 9.85. The van der Waals surface area contributed by atoms with Crippen molar-refractivity contribution in [2.24, 2.45) is 5.92 Å². The number of rotatable bonds is 6. The molecule has 1 aliphatic carbocycles. The van der Waals surface area contributed by atoms with Crippen molar-refractivity contribution in [1.29, 1.82) is 0 Å². The van der Waals surface area contributed by atoms with Gasteiger partial charge in [0.25, 0.3) is 0 Å². The molecular weight excluding hydrogens is 359 g/mol. The molecule has 0 bridgehead atoms. The van der Waals surface area contributed by atoms with Gasteiger partial charge in [-0.05, 0) is 44.9 Å². The Hall–Kier alpha value is -0.500. The lowest BCUT2D eigenvalue weighted by molar-refractivity contribution is 0.260. The maximum atomic E-state index is 14.4. The maximum absolute atomic E-state index is 14.4. The smallest absolute Gasteiger partial charge is 0.243 e. The molecule has 1 aromatic carbocycles. The van der Waals surface area contributed by atoms with Gasteiger partial charge >= 0.3 is 0 Å². The van der Waals surface area contributed by atoms with E-state index in [1.807, 2.05) is 6.92 Å². The van der Waals surface area contributed by atoms with Gasteiger partial charge in [0, 0.05) is 22.6 Å². The Kier molecular flexibility index (Phi) is 5.40. The molecule has 0 amide bonds. The topological polar surface area (TPSA) is 58.2 Å². The minimum atomic E-state index is -3.86. The fourth-order valence-corrected chi connectivity index (χ4v) is 4.59. The van der Waals surface area contributed by atoms with E-state index in [9.17, 15) is 12.8 Å². The van der Waals surface area contributed by atoms with E-state index in [0.29, 0.717) is 16.0 Å². The molecule has 4 nitrogen and oxygen atoms in total. The molecule has 1 fully saturated rings. The van der Waals surface area contributed by atoms with E-state index < -0.39 is 15.8 Å². The van der Waals surface area contributed by atoms with Gasteiger partial charge in [-0.2, -0.15) is 0 Å². The van der Waals surface area contributed by atoms with Gasteiger partial charge in [0.15, 0.2) is 0 Å². The molecule has 0 heterocycles. The molecular formula is C14H20BrFN2O2S. The van der Waals surface area contributed by atoms with Crippen LogP contribution >= 0.6 is 15.9 Å².